The molecule has 0 bridgehead atoms. The predicted octanol–water partition coefficient (Wildman–Crippen LogP) is 2.31. The summed E-state index contributed by atoms with van der Waals surface area (Å²) in [5.74, 6) is 0.192. The average molecular weight is 267 g/mol. The van der Waals surface area contributed by atoms with Crippen LogP contribution in [0.5, 0.6) is 0 Å². The van der Waals surface area contributed by atoms with E-state index in [0.29, 0.717) is 17.1 Å². The van der Waals surface area contributed by atoms with Crippen LogP contribution in [0.2, 0.25) is 0 Å². The van der Waals surface area contributed by atoms with Gasteiger partial charge in [-0.25, -0.2) is 4.98 Å². The smallest absolute Gasteiger partial charge is 0.256 e. The quantitative estimate of drug-likeness (QED) is 0.681. The van der Waals surface area contributed by atoms with Crippen LogP contribution in [-0.2, 0) is 6.61 Å². The standard InChI is InChI=1S/C15H13N3O2/c19-9-12-2-1-3-14(17-12)18-15(20)11-5-4-10-6-7-16-13(10)8-11/h1-8,16,19H,9H2,(H,17,18,20). The van der Waals surface area contributed by atoms with E-state index in [1.807, 2.05) is 18.3 Å². The molecule has 0 aliphatic heterocycles. The fourth-order valence-corrected chi connectivity index (χ4v) is 2.01. The van der Waals surface area contributed by atoms with Crippen molar-refractivity contribution in [3.63, 3.8) is 0 Å². The van der Waals surface area contributed by atoms with E-state index >= 15 is 0 Å². The molecule has 5 heteroatoms. The van der Waals surface area contributed by atoms with Gasteiger partial charge in [0.15, 0.2) is 0 Å². The van der Waals surface area contributed by atoms with Gasteiger partial charge in [-0.3, -0.25) is 4.79 Å². The maximum Gasteiger partial charge on any atom is 0.256 e. The number of aromatic amines is 1. The van der Waals surface area contributed by atoms with Gasteiger partial charge in [0.2, 0.25) is 0 Å². The number of anilines is 1. The zero-order valence-corrected chi connectivity index (χ0v) is 10.6. The largest absolute Gasteiger partial charge is 0.390 e. The number of carbonyl (C=O) groups excluding carboxylic acids is 1. The van der Waals surface area contributed by atoms with E-state index in [4.69, 9.17) is 5.11 Å². The number of aliphatic hydroxyl groups is 1. The van der Waals surface area contributed by atoms with Crippen molar-refractivity contribution in [3.8, 4) is 0 Å². The fraction of sp³-hybridized carbons (Fsp3) is 0.0667. The maximum atomic E-state index is 12.2. The summed E-state index contributed by atoms with van der Waals surface area (Å²) in [6.45, 7) is -0.155. The third-order valence-corrected chi connectivity index (χ3v) is 3.03. The van der Waals surface area contributed by atoms with E-state index < -0.39 is 0 Å². The van der Waals surface area contributed by atoms with Gasteiger partial charge in [0.05, 0.1) is 12.3 Å². The van der Waals surface area contributed by atoms with E-state index in [2.05, 4.69) is 15.3 Å². The van der Waals surface area contributed by atoms with E-state index in [0.717, 1.165) is 10.9 Å². The molecule has 0 saturated heterocycles. The van der Waals surface area contributed by atoms with Gasteiger partial charge in [0.25, 0.3) is 5.91 Å². The highest BCUT2D eigenvalue weighted by molar-refractivity contribution is 6.05. The number of amides is 1. The Balaban J connectivity index is 1.84. The van der Waals surface area contributed by atoms with Gasteiger partial charge in [-0.1, -0.05) is 12.1 Å². The highest BCUT2D eigenvalue weighted by Crippen LogP contribution is 2.15. The first kappa shape index (κ1) is 12.4. The van der Waals surface area contributed by atoms with Crippen LogP contribution in [0.1, 0.15) is 16.1 Å². The van der Waals surface area contributed by atoms with Crippen LogP contribution in [0.25, 0.3) is 10.9 Å². The van der Waals surface area contributed by atoms with Crippen molar-refractivity contribution in [2.75, 3.05) is 5.32 Å². The minimum absolute atomic E-state index is 0.155. The van der Waals surface area contributed by atoms with Crippen molar-refractivity contribution in [2.24, 2.45) is 0 Å². The molecule has 2 aromatic heterocycles. The summed E-state index contributed by atoms with van der Waals surface area (Å²) in [5.41, 5.74) is 1.98. The Morgan fingerprint density at radius 2 is 2.15 bits per heavy atom. The number of hydrogen-bond acceptors (Lipinski definition) is 3. The van der Waals surface area contributed by atoms with Gasteiger partial charge in [-0.15, -0.1) is 0 Å². The molecular formula is C15H13N3O2. The number of carbonyl (C=O) groups is 1. The number of aromatic nitrogens is 2. The highest BCUT2D eigenvalue weighted by Gasteiger charge is 2.08. The molecule has 3 rings (SSSR count). The van der Waals surface area contributed by atoms with Gasteiger partial charge in [-0.05, 0) is 35.7 Å². The summed E-state index contributed by atoms with van der Waals surface area (Å²) in [4.78, 5) is 19.3. The first-order valence-electron chi connectivity index (χ1n) is 6.21. The maximum absolute atomic E-state index is 12.2. The van der Waals surface area contributed by atoms with E-state index in [1.165, 1.54) is 0 Å². The average Bonchev–Trinajstić information content (AvgIpc) is 2.94. The second kappa shape index (κ2) is 5.14. The molecule has 1 amide bonds. The molecule has 3 N–H and O–H groups in total. The van der Waals surface area contributed by atoms with Crippen LogP contribution in [0.3, 0.4) is 0 Å². The number of pyridine rings is 1. The first-order valence-corrected chi connectivity index (χ1v) is 6.21. The first-order chi connectivity index (χ1) is 9.76. The van der Waals surface area contributed by atoms with Gasteiger partial charge >= 0.3 is 0 Å². The minimum atomic E-state index is -0.232. The number of benzene rings is 1. The lowest BCUT2D eigenvalue weighted by Crippen LogP contribution is -2.13. The molecule has 0 aliphatic rings. The molecule has 0 unspecified atom stereocenters. The van der Waals surface area contributed by atoms with E-state index in [1.54, 1.807) is 30.3 Å². The summed E-state index contributed by atoms with van der Waals surface area (Å²) in [5, 5.41) is 12.8. The Hall–Kier alpha value is -2.66. The Kier molecular flexibility index (Phi) is 3.18. The molecule has 0 aliphatic carbocycles. The second-order valence-corrected chi connectivity index (χ2v) is 4.41. The summed E-state index contributed by atoms with van der Waals surface area (Å²) < 4.78 is 0. The number of nitrogens with one attached hydrogen (secondary N) is 2. The number of rotatable bonds is 3. The fourth-order valence-electron chi connectivity index (χ4n) is 2.01. The normalized spacial score (nSPS) is 10.7. The Morgan fingerprint density at radius 1 is 1.25 bits per heavy atom. The van der Waals surface area contributed by atoms with Gasteiger partial charge in [-0.2, -0.15) is 0 Å². The SMILES string of the molecule is O=C(Nc1cccc(CO)n1)c1ccc2cc[nH]c2c1. The molecule has 20 heavy (non-hydrogen) atoms. The highest BCUT2D eigenvalue weighted by atomic mass is 16.3. The lowest BCUT2D eigenvalue weighted by atomic mass is 10.1. The Morgan fingerprint density at radius 3 is 3.00 bits per heavy atom. The third kappa shape index (κ3) is 2.39. The molecular weight excluding hydrogens is 254 g/mol. The van der Waals surface area contributed by atoms with Gasteiger partial charge in [0.1, 0.15) is 5.82 Å². The van der Waals surface area contributed by atoms with Crippen molar-refractivity contribution in [3.05, 3.63) is 59.9 Å². The van der Waals surface area contributed by atoms with Gasteiger partial charge in [0, 0.05) is 17.3 Å². The van der Waals surface area contributed by atoms with Crippen LogP contribution < -0.4 is 5.32 Å². The molecule has 0 atom stereocenters. The van der Waals surface area contributed by atoms with Crippen molar-refractivity contribution in [1.82, 2.24) is 9.97 Å². The molecule has 0 saturated carbocycles. The molecule has 5 nitrogen and oxygen atoms in total. The van der Waals surface area contributed by atoms with Crippen LogP contribution in [0.15, 0.2) is 48.7 Å². The molecule has 1 aromatic carbocycles. The van der Waals surface area contributed by atoms with Crippen molar-refractivity contribution < 1.29 is 9.90 Å². The summed E-state index contributed by atoms with van der Waals surface area (Å²) in [7, 11) is 0. The molecule has 100 valence electrons. The third-order valence-electron chi connectivity index (χ3n) is 3.03. The predicted molar refractivity (Wildman–Crippen MR) is 76.4 cm³/mol. The lowest BCUT2D eigenvalue weighted by molar-refractivity contribution is 0.102. The minimum Gasteiger partial charge on any atom is -0.390 e. The molecule has 0 spiro atoms. The van der Waals surface area contributed by atoms with Crippen LogP contribution in [-0.4, -0.2) is 21.0 Å². The van der Waals surface area contributed by atoms with Crippen molar-refractivity contribution >= 4 is 22.6 Å². The number of aliphatic hydroxyl groups excluding tert-OH is 1. The van der Waals surface area contributed by atoms with Crippen LogP contribution >= 0.6 is 0 Å². The summed E-state index contributed by atoms with van der Waals surface area (Å²) in [6, 6.07) is 12.5. The number of H-pyrrole nitrogens is 1. The summed E-state index contributed by atoms with van der Waals surface area (Å²) in [6.07, 6.45) is 1.83. The molecule has 2 heterocycles. The number of nitrogens with zero attached hydrogens (tertiary/aromatic N) is 1. The topological polar surface area (TPSA) is 78.0 Å². The van der Waals surface area contributed by atoms with Crippen LogP contribution in [0.4, 0.5) is 5.82 Å². The zero-order valence-electron chi connectivity index (χ0n) is 10.6. The zero-order chi connectivity index (χ0) is 13.9. The van der Waals surface area contributed by atoms with E-state index in [-0.39, 0.29) is 12.5 Å². The Bertz CT molecular complexity index is 764. The summed E-state index contributed by atoms with van der Waals surface area (Å²) >= 11 is 0. The second-order valence-electron chi connectivity index (χ2n) is 4.41. The van der Waals surface area contributed by atoms with Gasteiger partial charge < -0.3 is 15.4 Å². The van der Waals surface area contributed by atoms with Crippen molar-refractivity contribution in [2.45, 2.75) is 6.61 Å². The number of hydrogen-bond donors (Lipinski definition) is 3. The van der Waals surface area contributed by atoms with Crippen LogP contribution in [0, 0.1) is 0 Å². The monoisotopic (exact) mass is 267 g/mol. The molecule has 0 fully saturated rings. The molecule has 3 aromatic rings. The van der Waals surface area contributed by atoms with Crippen molar-refractivity contribution in [1.29, 1.82) is 0 Å². The number of fused-ring (bicyclic) bond motifs is 1. The van der Waals surface area contributed by atoms with E-state index in [9.17, 15) is 4.79 Å². The Labute approximate surface area is 115 Å². The molecule has 0 radical (unpaired) electrons. The lowest BCUT2D eigenvalue weighted by Gasteiger charge is -2.05.